The van der Waals surface area contributed by atoms with Crippen LogP contribution in [-0.2, 0) is 13.5 Å². The average Bonchev–Trinajstić information content (AvgIpc) is 2.30. The van der Waals surface area contributed by atoms with Crippen molar-refractivity contribution in [1.29, 1.82) is 0 Å². The zero-order valence-electron chi connectivity index (χ0n) is 6.59. The fourth-order valence-electron chi connectivity index (χ4n) is 1.53. The zero-order chi connectivity index (χ0) is 7.84. The van der Waals surface area contributed by atoms with Gasteiger partial charge in [-0.05, 0) is 12.8 Å². The number of nitrogens with zero attached hydrogens (tertiary/aromatic N) is 2. The van der Waals surface area contributed by atoms with Crippen molar-refractivity contribution in [3.8, 4) is 0 Å². The Hall–Kier alpha value is -1.19. The summed E-state index contributed by atoms with van der Waals surface area (Å²) in [6, 6.07) is 0. The second-order valence-corrected chi connectivity index (χ2v) is 2.87. The summed E-state index contributed by atoms with van der Waals surface area (Å²) in [5, 5.41) is 7.40. The molecule has 1 aromatic rings. The van der Waals surface area contributed by atoms with E-state index in [0.29, 0.717) is 5.82 Å². The maximum absolute atomic E-state index is 5.69. The molecule has 0 saturated heterocycles. The molecule has 1 aliphatic heterocycles. The van der Waals surface area contributed by atoms with Gasteiger partial charge in [-0.15, -0.1) is 0 Å². The average molecular weight is 152 g/mol. The van der Waals surface area contributed by atoms with Crippen LogP contribution < -0.4 is 11.1 Å². The SMILES string of the molecule is Cn1nc(N)c2c1NCCC2. The molecule has 0 spiro atoms. The summed E-state index contributed by atoms with van der Waals surface area (Å²) < 4.78 is 1.81. The molecule has 0 bridgehead atoms. The minimum atomic E-state index is 0.676. The van der Waals surface area contributed by atoms with Crippen LogP contribution in [-0.4, -0.2) is 16.3 Å². The summed E-state index contributed by atoms with van der Waals surface area (Å²) in [5.74, 6) is 1.77. The van der Waals surface area contributed by atoms with Crippen LogP contribution in [0.2, 0.25) is 0 Å². The van der Waals surface area contributed by atoms with Gasteiger partial charge in [0.25, 0.3) is 0 Å². The molecule has 60 valence electrons. The van der Waals surface area contributed by atoms with Crippen molar-refractivity contribution in [3.63, 3.8) is 0 Å². The van der Waals surface area contributed by atoms with Crippen LogP contribution in [0.25, 0.3) is 0 Å². The van der Waals surface area contributed by atoms with Crippen molar-refractivity contribution >= 4 is 11.6 Å². The summed E-state index contributed by atoms with van der Waals surface area (Å²) in [4.78, 5) is 0. The Balaban J connectivity index is 2.52. The molecule has 4 heteroatoms. The first-order chi connectivity index (χ1) is 5.29. The van der Waals surface area contributed by atoms with Crippen LogP contribution in [0.4, 0.5) is 11.6 Å². The van der Waals surface area contributed by atoms with Gasteiger partial charge < -0.3 is 11.1 Å². The minimum absolute atomic E-state index is 0.676. The molecule has 0 aliphatic carbocycles. The summed E-state index contributed by atoms with van der Waals surface area (Å²) in [7, 11) is 1.91. The van der Waals surface area contributed by atoms with Crippen LogP contribution in [0, 0.1) is 0 Å². The summed E-state index contributed by atoms with van der Waals surface area (Å²) in [6.45, 7) is 1.03. The fourth-order valence-corrected chi connectivity index (χ4v) is 1.53. The maximum Gasteiger partial charge on any atom is 0.150 e. The Kier molecular flexibility index (Phi) is 1.27. The smallest absolute Gasteiger partial charge is 0.150 e. The molecule has 4 nitrogen and oxygen atoms in total. The number of fused-ring (bicyclic) bond motifs is 1. The summed E-state index contributed by atoms with van der Waals surface area (Å²) in [5.41, 5.74) is 6.87. The van der Waals surface area contributed by atoms with Crippen molar-refractivity contribution in [1.82, 2.24) is 9.78 Å². The van der Waals surface area contributed by atoms with Gasteiger partial charge in [-0.25, -0.2) is 0 Å². The minimum Gasteiger partial charge on any atom is -0.382 e. The second-order valence-electron chi connectivity index (χ2n) is 2.87. The van der Waals surface area contributed by atoms with E-state index < -0.39 is 0 Å². The molecule has 0 radical (unpaired) electrons. The third kappa shape index (κ3) is 0.859. The van der Waals surface area contributed by atoms with Crippen molar-refractivity contribution in [2.75, 3.05) is 17.6 Å². The number of nitrogen functional groups attached to an aromatic ring is 1. The van der Waals surface area contributed by atoms with Crippen LogP contribution in [0.5, 0.6) is 0 Å². The molecule has 0 saturated carbocycles. The molecular weight excluding hydrogens is 140 g/mol. The number of hydrogen-bond donors (Lipinski definition) is 2. The number of aromatic nitrogens is 2. The van der Waals surface area contributed by atoms with Gasteiger partial charge in [0.05, 0.1) is 0 Å². The number of nitrogens with one attached hydrogen (secondary N) is 1. The van der Waals surface area contributed by atoms with E-state index in [1.165, 1.54) is 5.56 Å². The second kappa shape index (κ2) is 2.15. The molecule has 2 rings (SSSR count). The third-order valence-electron chi connectivity index (χ3n) is 2.07. The van der Waals surface area contributed by atoms with E-state index in [1.807, 2.05) is 11.7 Å². The normalized spacial score (nSPS) is 15.7. The number of hydrogen-bond acceptors (Lipinski definition) is 3. The predicted molar refractivity (Wildman–Crippen MR) is 44.4 cm³/mol. The lowest BCUT2D eigenvalue weighted by molar-refractivity contribution is 0.750. The Labute approximate surface area is 65.4 Å². The highest BCUT2D eigenvalue weighted by atomic mass is 15.3. The van der Waals surface area contributed by atoms with Gasteiger partial charge >= 0.3 is 0 Å². The molecule has 0 fully saturated rings. The van der Waals surface area contributed by atoms with Crippen LogP contribution in [0.1, 0.15) is 12.0 Å². The van der Waals surface area contributed by atoms with E-state index in [0.717, 1.165) is 25.2 Å². The third-order valence-corrected chi connectivity index (χ3v) is 2.07. The van der Waals surface area contributed by atoms with Crippen molar-refractivity contribution in [2.24, 2.45) is 7.05 Å². The summed E-state index contributed by atoms with van der Waals surface area (Å²) in [6.07, 6.45) is 2.21. The molecule has 3 N–H and O–H groups in total. The van der Waals surface area contributed by atoms with Gasteiger partial charge in [0.2, 0.25) is 0 Å². The van der Waals surface area contributed by atoms with Gasteiger partial charge in [0, 0.05) is 19.2 Å². The van der Waals surface area contributed by atoms with Crippen LogP contribution >= 0.6 is 0 Å². The molecule has 0 aromatic carbocycles. The highest BCUT2D eigenvalue weighted by Gasteiger charge is 2.16. The van der Waals surface area contributed by atoms with Crippen molar-refractivity contribution in [3.05, 3.63) is 5.56 Å². The maximum atomic E-state index is 5.69. The molecule has 0 amide bonds. The molecule has 1 aliphatic rings. The van der Waals surface area contributed by atoms with E-state index in [2.05, 4.69) is 10.4 Å². The topological polar surface area (TPSA) is 55.9 Å². The molecule has 11 heavy (non-hydrogen) atoms. The van der Waals surface area contributed by atoms with Gasteiger partial charge in [0.1, 0.15) is 5.82 Å². The van der Waals surface area contributed by atoms with Gasteiger partial charge in [-0.3, -0.25) is 4.68 Å². The van der Waals surface area contributed by atoms with Gasteiger partial charge in [-0.2, -0.15) is 5.10 Å². The Bertz CT molecular complexity index is 250. The molecular formula is C7H12N4. The van der Waals surface area contributed by atoms with E-state index in [9.17, 15) is 0 Å². The first-order valence-electron chi connectivity index (χ1n) is 3.84. The zero-order valence-corrected chi connectivity index (χ0v) is 6.59. The predicted octanol–water partition coefficient (Wildman–Crippen LogP) is 0.360. The lowest BCUT2D eigenvalue weighted by Crippen LogP contribution is -2.13. The Morgan fingerprint density at radius 2 is 2.45 bits per heavy atom. The summed E-state index contributed by atoms with van der Waals surface area (Å²) >= 11 is 0. The van der Waals surface area contributed by atoms with Gasteiger partial charge in [0.15, 0.2) is 5.82 Å². The molecule has 2 heterocycles. The lowest BCUT2D eigenvalue weighted by Gasteiger charge is -2.14. The highest BCUT2D eigenvalue weighted by molar-refractivity contribution is 5.58. The van der Waals surface area contributed by atoms with Gasteiger partial charge in [-0.1, -0.05) is 0 Å². The standard InChI is InChI=1S/C7H12N4/c1-11-7-5(6(8)10-11)3-2-4-9-7/h9H,2-4H2,1H3,(H2,8,10). The first kappa shape index (κ1) is 6.52. The largest absolute Gasteiger partial charge is 0.382 e. The van der Waals surface area contributed by atoms with E-state index in [1.54, 1.807) is 0 Å². The quantitative estimate of drug-likeness (QED) is 0.564. The van der Waals surface area contributed by atoms with Crippen molar-refractivity contribution in [2.45, 2.75) is 12.8 Å². The Morgan fingerprint density at radius 3 is 3.18 bits per heavy atom. The first-order valence-corrected chi connectivity index (χ1v) is 3.84. The highest BCUT2D eigenvalue weighted by Crippen LogP contribution is 2.25. The molecule has 0 unspecified atom stereocenters. The monoisotopic (exact) mass is 152 g/mol. The Morgan fingerprint density at radius 1 is 1.64 bits per heavy atom. The molecule has 0 atom stereocenters. The van der Waals surface area contributed by atoms with E-state index >= 15 is 0 Å². The number of nitrogens with two attached hydrogens (primary N) is 1. The van der Waals surface area contributed by atoms with E-state index in [4.69, 9.17) is 5.73 Å². The molecule has 1 aromatic heterocycles. The fraction of sp³-hybridized carbons (Fsp3) is 0.571. The number of rotatable bonds is 0. The number of anilines is 2. The van der Waals surface area contributed by atoms with Crippen LogP contribution in [0.15, 0.2) is 0 Å². The van der Waals surface area contributed by atoms with Crippen molar-refractivity contribution < 1.29 is 0 Å². The lowest BCUT2D eigenvalue weighted by atomic mass is 10.1. The van der Waals surface area contributed by atoms with Crippen LogP contribution in [0.3, 0.4) is 0 Å². The number of aryl methyl sites for hydroxylation is 1. The van der Waals surface area contributed by atoms with E-state index in [-0.39, 0.29) is 0 Å².